The smallest absolute Gasteiger partial charge is 0.335 e. The highest BCUT2D eigenvalue weighted by atomic mass is 35.5. The minimum atomic E-state index is -0.959. The molecule has 0 saturated carbocycles. The molecule has 0 saturated heterocycles. The molecule has 0 radical (unpaired) electrons. The van der Waals surface area contributed by atoms with Crippen LogP contribution >= 0.6 is 11.6 Å². The molecule has 1 aliphatic carbocycles. The number of nitrogens with zero attached hydrogens (tertiary/aromatic N) is 2. The van der Waals surface area contributed by atoms with E-state index in [2.05, 4.69) is 17.1 Å². The standard InChI is InChI=1S/C24H22ClN3O3/c1-2-3-4-19-18-7-5-14(22(29)30)9-15(18)11-24(19)20-8-6-16(25)10-21(20)28(23(24)31)17-12-26-27-13-17/h5-10,12-13,19H,2-4,11H2,1H3,(H,26,27)(H,29,30). The molecule has 1 aliphatic heterocycles. The number of halogens is 1. The number of rotatable bonds is 5. The van der Waals surface area contributed by atoms with Crippen LogP contribution in [-0.4, -0.2) is 27.2 Å². The van der Waals surface area contributed by atoms with Crippen LogP contribution in [0.1, 0.15) is 59.2 Å². The van der Waals surface area contributed by atoms with Crippen molar-refractivity contribution >= 4 is 34.9 Å². The number of hydrogen-bond donors (Lipinski definition) is 2. The van der Waals surface area contributed by atoms with Crippen molar-refractivity contribution in [2.24, 2.45) is 0 Å². The normalized spacial score (nSPS) is 21.5. The van der Waals surface area contributed by atoms with Crippen LogP contribution in [-0.2, 0) is 16.6 Å². The zero-order valence-corrected chi connectivity index (χ0v) is 17.8. The molecular formula is C24H22ClN3O3. The maximum absolute atomic E-state index is 14.2. The predicted molar refractivity (Wildman–Crippen MR) is 118 cm³/mol. The summed E-state index contributed by atoms with van der Waals surface area (Å²) < 4.78 is 0. The number of aromatic carboxylic acids is 1. The topological polar surface area (TPSA) is 86.3 Å². The first kappa shape index (κ1) is 19.8. The molecule has 2 aromatic carbocycles. The average molecular weight is 436 g/mol. The number of unbranched alkanes of at least 4 members (excludes halogenated alkanes) is 1. The highest BCUT2D eigenvalue weighted by molar-refractivity contribution is 6.31. The van der Waals surface area contributed by atoms with E-state index in [1.807, 2.05) is 24.3 Å². The Balaban J connectivity index is 1.73. The zero-order valence-electron chi connectivity index (χ0n) is 17.1. The fraction of sp³-hybridized carbons (Fsp3) is 0.292. The van der Waals surface area contributed by atoms with Crippen molar-refractivity contribution < 1.29 is 14.7 Å². The van der Waals surface area contributed by atoms with Gasteiger partial charge >= 0.3 is 5.97 Å². The predicted octanol–water partition coefficient (Wildman–Crippen LogP) is 5.21. The zero-order chi connectivity index (χ0) is 21.8. The number of carbonyl (C=O) groups excluding carboxylic acids is 1. The summed E-state index contributed by atoms with van der Waals surface area (Å²) in [7, 11) is 0. The molecule has 2 unspecified atom stereocenters. The monoisotopic (exact) mass is 435 g/mol. The first-order valence-corrected chi connectivity index (χ1v) is 10.8. The third kappa shape index (κ3) is 2.82. The molecule has 1 spiro atoms. The summed E-state index contributed by atoms with van der Waals surface area (Å²) in [4.78, 5) is 27.5. The minimum absolute atomic E-state index is 0.0136. The second-order valence-electron chi connectivity index (χ2n) is 8.32. The van der Waals surface area contributed by atoms with Crippen LogP contribution in [0.4, 0.5) is 11.4 Å². The Bertz CT molecular complexity index is 1190. The lowest BCUT2D eigenvalue weighted by atomic mass is 9.69. The third-order valence-corrected chi connectivity index (χ3v) is 6.92. The van der Waals surface area contributed by atoms with Crippen LogP contribution in [0.25, 0.3) is 0 Å². The van der Waals surface area contributed by atoms with Gasteiger partial charge in [0.1, 0.15) is 0 Å². The number of amides is 1. The van der Waals surface area contributed by atoms with E-state index in [4.69, 9.17) is 11.6 Å². The van der Waals surface area contributed by atoms with Crippen molar-refractivity contribution in [3.8, 4) is 0 Å². The van der Waals surface area contributed by atoms with Gasteiger partial charge in [0.25, 0.3) is 0 Å². The van der Waals surface area contributed by atoms with Gasteiger partial charge < -0.3 is 5.11 Å². The second-order valence-corrected chi connectivity index (χ2v) is 8.76. The van der Waals surface area contributed by atoms with Crippen molar-refractivity contribution in [1.82, 2.24) is 10.2 Å². The molecule has 31 heavy (non-hydrogen) atoms. The Kier molecular flexibility index (Phi) is 4.63. The van der Waals surface area contributed by atoms with E-state index < -0.39 is 11.4 Å². The number of carboxylic acids is 1. The van der Waals surface area contributed by atoms with Crippen molar-refractivity contribution in [2.45, 2.75) is 43.9 Å². The minimum Gasteiger partial charge on any atom is -0.478 e. The number of fused-ring (bicyclic) bond motifs is 3. The van der Waals surface area contributed by atoms with E-state index in [1.54, 1.807) is 29.4 Å². The molecule has 2 atom stereocenters. The number of hydrogen-bond acceptors (Lipinski definition) is 3. The summed E-state index contributed by atoms with van der Waals surface area (Å²) >= 11 is 6.33. The molecule has 2 heterocycles. The van der Waals surface area contributed by atoms with Gasteiger partial charge in [-0.2, -0.15) is 5.10 Å². The van der Waals surface area contributed by atoms with Crippen LogP contribution in [0, 0.1) is 0 Å². The fourth-order valence-electron chi connectivity index (χ4n) is 5.35. The Morgan fingerprint density at radius 1 is 1.32 bits per heavy atom. The molecule has 0 bridgehead atoms. The molecule has 1 aromatic heterocycles. The first-order chi connectivity index (χ1) is 15.0. The molecular weight excluding hydrogens is 414 g/mol. The van der Waals surface area contributed by atoms with Gasteiger partial charge in [0.15, 0.2) is 0 Å². The molecule has 2 N–H and O–H groups in total. The molecule has 3 aromatic rings. The van der Waals surface area contributed by atoms with Crippen LogP contribution < -0.4 is 4.90 Å². The van der Waals surface area contributed by atoms with Crippen LogP contribution in [0.2, 0.25) is 5.02 Å². The van der Waals surface area contributed by atoms with Gasteiger partial charge in [-0.05, 0) is 53.8 Å². The highest BCUT2D eigenvalue weighted by Gasteiger charge is 2.59. The Morgan fingerprint density at radius 3 is 2.87 bits per heavy atom. The van der Waals surface area contributed by atoms with Gasteiger partial charge in [0.05, 0.1) is 28.6 Å². The summed E-state index contributed by atoms with van der Waals surface area (Å²) in [5, 5.41) is 16.9. The molecule has 7 heteroatoms. The molecule has 0 fully saturated rings. The van der Waals surface area contributed by atoms with Crippen LogP contribution in [0.5, 0.6) is 0 Å². The Labute approximate surface area is 184 Å². The summed E-state index contributed by atoms with van der Waals surface area (Å²) in [5.74, 6) is -1.01. The number of carbonyl (C=O) groups is 2. The Hall–Kier alpha value is -3.12. The van der Waals surface area contributed by atoms with Gasteiger partial charge in [-0.25, -0.2) is 4.79 Å². The van der Waals surface area contributed by atoms with Crippen molar-refractivity contribution in [1.29, 1.82) is 0 Å². The van der Waals surface area contributed by atoms with Gasteiger partial charge in [-0.3, -0.25) is 14.8 Å². The van der Waals surface area contributed by atoms with Crippen molar-refractivity contribution in [3.05, 3.63) is 76.1 Å². The summed E-state index contributed by atoms with van der Waals surface area (Å²) in [6.07, 6.45) is 6.65. The lowest BCUT2D eigenvalue weighted by Gasteiger charge is -2.31. The number of benzene rings is 2. The number of aromatic nitrogens is 2. The molecule has 158 valence electrons. The van der Waals surface area contributed by atoms with Crippen LogP contribution in [0.15, 0.2) is 48.8 Å². The van der Waals surface area contributed by atoms with E-state index in [-0.39, 0.29) is 17.4 Å². The van der Waals surface area contributed by atoms with E-state index in [0.717, 1.165) is 41.6 Å². The molecule has 5 rings (SSSR count). The number of anilines is 2. The van der Waals surface area contributed by atoms with Gasteiger partial charge in [-0.15, -0.1) is 0 Å². The third-order valence-electron chi connectivity index (χ3n) is 6.68. The van der Waals surface area contributed by atoms with E-state index in [1.165, 1.54) is 0 Å². The number of carboxylic acid groups (broad SMARTS) is 1. The maximum atomic E-state index is 14.2. The van der Waals surface area contributed by atoms with Gasteiger partial charge in [0, 0.05) is 17.1 Å². The molecule has 6 nitrogen and oxygen atoms in total. The van der Waals surface area contributed by atoms with Gasteiger partial charge in [-0.1, -0.05) is 43.5 Å². The summed E-state index contributed by atoms with van der Waals surface area (Å²) in [6.45, 7) is 2.14. The van der Waals surface area contributed by atoms with Crippen molar-refractivity contribution in [2.75, 3.05) is 4.90 Å². The quantitative estimate of drug-likeness (QED) is 0.576. The summed E-state index contributed by atoms with van der Waals surface area (Å²) in [5.41, 5.74) is 3.85. The number of aromatic amines is 1. The molecule has 1 amide bonds. The lowest BCUT2D eigenvalue weighted by Crippen LogP contribution is -2.41. The lowest BCUT2D eigenvalue weighted by molar-refractivity contribution is -0.123. The first-order valence-electron chi connectivity index (χ1n) is 10.5. The van der Waals surface area contributed by atoms with Crippen LogP contribution in [0.3, 0.4) is 0 Å². The van der Waals surface area contributed by atoms with E-state index >= 15 is 0 Å². The number of nitrogens with one attached hydrogen (secondary N) is 1. The summed E-state index contributed by atoms with van der Waals surface area (Å²) in [6, 6.07) is 10.9. The van der Waals surface area contributed by atoms with E-state index in [9.17, 15) is 14.7 Å². The fourth-order valence-corrected chi connectivity index (χ4v) is 5.52. The Morgan fingerprint density at radius 2 is 2.16 bits per heavy atom. The van der Waals surface area contributed by atoms with Crippen molar-refractivity contribution in [3.63, 3.8) is 0 Å². The highest BCUT2D eigenvalue weighted by Crippen LogP contribution is 2.59. The largest absolute Gasteiger partial charge is 0.478 e. The maximum Gasteiger partial charge on any atom is 0.335 e. The van der Waals surface area contributed by atoms with Gasteiger partial charge in [0.2, 0.25) is 5.91 Å². The average Bonchev–Trinajstić information content (AvgIpc) is 3.43. The number of H-pyrrole nitrogens is 1. The second kappa shape index (κ2) is 7.24. The van der Waals surface area contributed by atoms with E-state index in [0.29, 0.717) is 17.1 Å². The SMILES string of the molecule is CCCCC1c2ccc(C(=O)O)cc2CC12C(=O)N(c1cn[nH]c1)c1cc(Cl)ccc12. The molecule has 2 aliphatic rings.